The summed E-state index contributed by atoms with van der Waals surface area (Å²) in [5.41, 5.74) is 7.53. The first-order valence-corrected chi connectivity index (χ1v) is 4.27. The molecular weight excluding hydrogens is 174 g/mol. The van der Waals surface area contributed by atoms with Crippen molar-refractivity contribution in [3.63, 3.8) is 0 Å². The van der Waals surface area contributed by atoms with Crippen molar-refractivity contribution < 1.29 is 0 Å². The Labute approximate surface area is 83.7 Å². The minimum Gasteiger partial charge on any atom is -0.384 e. The van der Waals surface area contributed by atoms with E-state index < -0.39 is 0 Å². The van der Waals surface area contributed by atoms with Crippen molar-refractivity contribution in [2.45, 2.75) is 6.92 Å². The number of nitrogen functional groups attached to an aromatic ring is 1. The van der Waals surface area contributed by atoms with E-state index in [9.17, 15) is 0 Å². The van der Waals surface area contributed by atoms with Gasteiger partial charge in [-0.15, -0.1) is 0 Å². The first-order chi connectivity index (χ1) is 6.74. The van der Waals surface area contributed by atoms with Gasteiger partial charge in [0.15, 0.2) is 0 Å². The number of allylic oxidation sites excluding steroid dienone is 2. The van der Waals surface area contributed by atoms with Crippen LogP contribution in [0.2, 0.25) is 0 Å². The molecular formula is C11H13N3. The molecule has 72 valence electrons. The van der Waals surface area contributed by atoms with Crippen molar-refractivity contribution in [1.82, 2.24) is 4.98 Å². The summed E-state index contributed by atoms with van der Waals surface area (Å²) in [5.74, 6) is 0.524. The highest BCUT2D eigenvalue weighted by molar-refractivity contribution is 5.72. The SMILES string of the molecule is C=C/C=N\C=C(/C)c1ccc(N)nc1. The average molecular weight is 187 g/mol. The second kappa shape index (κ2) is 4.97. The van der Waals surface area contributed by atoms with Crippen LogP contribution < -0.4 is 5.73 Å². The molecule has 14 heavy (non-hydrogen) atoms. The van der Waals surface area contributed by atoms with Gasteiger partial charge in [-0.05, 0) is 30.2 Å². The minimum absolute atomic E-state index is 0.524. The van der Waals surface area contributed by atoms with Crippen LogP contribution >= 0.6 is 0 Å². The molecule has 0 radical (unpaired) electrons. The summed E-state index contributed by atoms with van der Waals surface area (Å²) in [4.78, 5) is 8.02. The third-order valence-electron chi connectivity index (χ3n) is 1.70. The Kier molecular flexibility index (Phi) is 3.61. The molecule has 0 aliphatic carbocycles. The molecule has 1 aromatic heterocycles. The van der Waals surface area contributed by atoms with Crippen LogP contribution in [0.15, 0.2) is 42.2 Å². The normalized spacial score (nSPS) is 11.9. The van der Waals surface area contributed by atoms with Crippen LogP contribution in [-0.4, -0.2) is 11.2 Å². The highest BCUT2D eigenvalue weighted by Crippen LogP contribution is 2.12. The summed E-state index contributed by atoms with van der Waals surface area (Å²) in [6.45, 7) is 5.50. The maximum Gasteiger partial charge on any atom is 0.123 e. The van der Waals surface area contributed by atoms with E-state index in [0.717, 1.165) is 11.1 Å². The van der Waals surface area contributed by atoms with Gasteiger partial charge in [0.05, 0.1) is 0 Å². The summed E-state index contributed by atoms with van der Waals surface area (Å²) in [6.07, 6.45) is 6.75. The minimum atomic E-state index is 0.524. The molecule has 3 nitrogen and oxygen atoms in total. The molecule has 0 unspecified atom stereocenters. The summed E-state index contributed by atoms with van der Waals surface area (Å²) >= 11 is 0. The quantitative estimate of drug-likeness (QED) is 0.738. The van der Waals surface area contributed by atoms with E-state index >= 15 is 0 Å². The first kappa shape index (κ1) is 10.2. The molecule has 0 fully saturated rings. The molecule has 0 spiro atoms. The third-order valence-corrected chi connectivity index (χ3v) is 1.70. The standard InChI is InChI=1S/C11H13N3/c1-3-6-13-7-9(2)10-4-5-11(12)14-8-10/h3-8H,1H2,2H3,(H2,12,14)/b9-7+,13-6-. The van der Waals surface area contributed by atoms with Crippen molar-refractivity contribution in [1.29, 1.82) is 0 Å². The Morgan fingerprint density at radius 1 is 1.57 bits per heavy atom. The number of rotatable bonds is 3. The van der Waals surface area contributed by atoms with Crippen LogP contribution in [0.25, 0.3) is 5.57 Å². The van der Waals surface area contributed by atoms with E-state index in [1.54, 1.807) is 30.8 Å². The van der Waals surface area contributed by atoms with Gasteiger partial charge in [0, 0.05) is 18.6 Å². The monoisotopic (exact) mass is 187 g/mol. The number of hydrogen-bond donors (Lipinski definition) is 1. The van der Waals surface area contributed by atoms with Gasteiger partial charge in [0.2, 0.25) is 0 Å². The topological polar surface area (TPSA) is 51.3 Å². The smallest absolute Gasteiger partial charge is 0.123 e. The molecule has 0 amide bonds. The Bertz CT molecular complexity index is 361. The molecule has 0 aromatic carbocycles. The van der Waals surface area contributed by atoms with Crippen LogP contribution in [0.1, 0.15) is 12.5 Å². The van der Waals surface area contributed by atoms with Crippen LogP contribution in [0.3, 0.4) is 0 Å². The van der Waals surface area contributed by atoms with Crippen molar-refractivity contribution in [2.75, 3.05) is 5.73 Å². The summed E-state index contributed by atoms with van der Waals surface area (Å²) in [7, 11) is 0. The van der Waals surface area contributed by atoms with E-state index in [0.29, 0.717) is 5.82 Å². The van der Waals surface area contributed by atoms with E-state index in [2.05, 4.69) is 16.6 Å². The first-order valence-electron chi connectivity index (χ1n) is 4.27. The fourth-order valence-corrected chi connectivity index (χ4v) is 0.929. The molecule has 2 N–H and O–H groups in total. The van der Waals surface area contributed by atoms with Gasteiger partial charge in [0.1, 0.15) is 5.82 Å². The highest BCUT2D eigenvalue weighted by atomic mass is 14.8. The molecule has 3 heteroatoms. The second-order valence-corrected chi connectivity index (χ2v) is 2.82. The molecule has 1 heterocycles. The van der Waals surface area contributed by atoms with Gasteiger partial charge < -0.3 is 5.73 Å². The number of nitrogens with two attached hydrogens (primary N) is 1. The van der Waals surface area contributed by atoms with Crippen LogP contribution in [-0.2, 0) is 0 Å². The number of hydrogen-bond acceptors (Lipinski definition) is 3. The molecule has 0 aliphatic heterocycles. The van der Waals surface area contributed by atoms with Crippen LogP contribution in [0, 0.1) is 0 Å². The van der Waals surface area contributed by atoms with Gasteiger partial charge in [-0.25, -0.2) is 4.98 Å². The molecule has 0 atom stereocenters. The Morgan fingerprint density at radius 2 is 2.36 bits per heavy atom. The Morgan fingerprint density at radius 3 is 2.93 bits per heavy atom. The number of aromatic nitrogens is 1. The predicted octanol–water partition coefficient (Wildman–Crippen LogP) is 2.28. The lowest BCUT2D eigenvalue weighted by Gasteiger charge is -1.99. The molecule has 0 aliphatic rings. The maximum atomic E-state index is 5.48. The molecule has 0 saturated heterocycles. The van der Waals surface area contributed by atoms with Gasteiger partial charge in [-0.1, -0.05) is 12.7 Å². The molecule has 1 aromatic rings. The predicted molar refractivity (Wildman–Crippen MR) is 61.0 cm³/mol. The van der Waals surface area contributed by atoms with Gasteiger partial charge in [-0.3, -0.25) is 4.99 Å². The lowest BCUT2D eigenvalue weighted by Crippen LogP contribution is -1.89. The molecule has 1 rings (SSSR count). The number of nitrogens with zero attached hydrogens (tertiary/aromatic N) is 2. The van der Waals surface area contributed by atoms with Crippen molar-refractivity contribution in [2.24, 2.45) is 4.99 Å². The lowest BCUT2D eigenvalue weighted by atomic mass is 10.1. The maximum absolute atomic E-state index is 5.48. The summed E-state index contributed by atoms with van der Waals surface area (Å²) < 4.78 is 0. The Balaban J connectivity index is 2.83. The fourth-order valence-electron chi connectivity index (χ4n) is 0.929. The lowest BCUT2D eigenvalue weighted by molar-refractivity contribution is 1.31. The second-order valence-electron chi connectivity index (χ2n) is 2.82. The van der Waals surface area contributed by atoms with Gasteiger partial charge in [-0.2, -0.15) is 0 Å². The number of aliphatic imine (C=N–C) groups is 1. The zero-order valence-corrected chi connectivity index (χ0v) is 8.14. The third kappa shape index (κ3) is 2.86. The summed E-state index contributed by atoms with van der Waals surface area (Å²) in [5, 5.41) is 0. The molecule has 0 saturated carbocycles. The van der Waals surface area contributed by atoms with Crippen molar-refractivity contribution in [3.8, 4) is 0 Å². The zero-order valence-electron chi connectivity index (χ0n) is 8.14. The highest BCUT2D eigenvalue weighted by Gasteiger charge is 1.94. The largest absolute Gasteiger partial charge is 0.384 e. The average Bonchev–Trinajstić information content (AvgIpc) is 2.19. The van der Waals surface area contributed by atoms with Crippen molar-refractivity contribution in [3.05, 3.63) is 42.7 Å². The fraction of sp³-hybridized carbons (Fsp3) is 0.0909. The van der Waals surface area contributed by atoms with E-state index in [1.807, 2.05) is 13.0 Å². The van der Waals surface area contributed by atoms with E-state index in [4.69, 9.17) is 5.73 Å². The van der Waals surface area contributed by atoms with Gasteiger partial charge in [0.25, 0.3) is 0 Å². The van der Waals surface area contributed by atoms with Crippen molar-refractivity contribution >= 4 is 17.6 Å². The summed E-state index contributed by atoms with van der Waals surface area (Å²) in [6, 6.07) is 3.68. The number of pyridine rings is 1. The van der Waals surface area contributed by atoms with Gasteiger partial charge >= 0.3 is 0 Å². The van der Waals surface area contributed by atoms with E-state index in [-0.39, 0.29) is 0 Å². The molecule has 0 bridgehead atoms. The van der Waals surface area contributed by atoms with Crippen LogP contribution in [0.5, 0.6) is 0 Å². The number of anilines is 1. The zero-order chi connectivity index (χ0) is 10.4. The van der Waals surface area contributed by atoms with E-state index in [1.165, 1.54) is 0 Å². The Hall–Kier alpha value is -1.90. The van der Waals surface area contributed by atoms with Crippen LogP contribution in [0.4, 0.5) is 5.82 Å².